The van der Waals surface area contributed by atoms with Gasteiger partial charge in [0, 0.05) is 6.21 Å². The number of nitrogens with zero attached hydrogens (tertiary/aromatic N) is 1. The van der Waals surface area contributed by atoms with E-state index in [1.807, 2.05) is 13.1 Å². The van der Waals surface area contributed by atoms with E-state index in [0.29, 0.717) is 5.92 Å². The van der Waals surface area contributed by atoms with Crippen molar-refractivity contribution in [1.82, 2.24) is 5.43 Å². The summed E-state index contributed by atoms with van der Waals surface area (Å²) >= 11 is 0. The highest BCUT2D eigenvalue weighted by Crippen LogP contribution is 2.25. The molecular weight excluding hydrogens is 128 g/mol. The fraction of sp³-hybridized carbons (Fsp3) is 0.857. The van der Waals surface area contributed by atoms with Crippen LogP contribution in [0, 0.1) is 5.92 Å². The molecule has 0 amide bonds. The van der Waals surface area contributed by atoms with E-state index in [1.54, 1.807) is 0 Å². The Labute approximate surface area is 61.1 Å². The summed E-state index contributed by atoms with van der Waals surface area (Å²) in [7, 11) is 0. The van der Waals surface area contributed by atoms with Crippen LogP contribution < -0.4 is 5.43 Å². The normalized spacial score (nSPS) is 21.4. The van der Waals surface area contributed by atoms with Gasteiger partial charge in [0.2, 0.25) is 0 Å². The third kappa shape index (κ3) is 2.82. The second-order valence-corrected chi connectivity index (χ2v) is 2.83. The van der Waals surface area contributed by atoms with E-state index in [2.05, 4.69) is 10.5 Å². The molecule has 0 radical (unpaired) electrons. The van der Waals surface area contributed by atoms with Gasteiger partial charge in [-0.25, -0.2) is 0 Å². The summed E-state index contributed by atoms with van der Waals surface area (Å²) in [5.41, 5.74) is 2.82. The largest absolute Gasteiger partial charge is 0.394 e. The summed E-state index contributed by atoms with van der Waals surface area (Å²) in [6.45, 7) is 2.03. The van der Waals surface area contributed by atoms with E-state index < -0.39 is 0 Å². The van der Waals surface area contributed by atoms with Crippen molar-refractivity contribution in [1.29, 1.82) is 0 Å². The maximum absolute atomic E-state index is 8.58. The SMILES string of the molecule is CC(CO)N/N=C/C1CC1. The first-order chi connectivity index (χ1) is 4.83. The highest BCUT2D eigenvalue weighted by molar-refractivity contribution is 5.63. The molecule has 1 aliphatic rings. The number of hydrazone groups is 1. The van der Waals surface area contributed by atoms with Gasteiger partial charge in [-0.3, -0.25) is 0 Å². The average Bonchev–Trinajstić information content (AvgIpc) is 2.71. The molecule has 0 aromatic rings. The maximum Gasteiger partial charge on any atom is 0.0646 e. The van der Waals surface area contributed by atoms with Crippen molar-refractivity contribution in [2.45, 2.75) is 25.8 Å². The predicted molar refractivity (Wildman–Crippen MR) is 40.9 cm³/mol. The van der Waals surface area contributed by atoms with E-state index in [-0.39, 0.29) is 12.6 Å². The van der Waals surface area contributed by atoms with Gasteiger partial charge in [-0.15, -0.1) is 0 Å². The number of aliphatic hydroxyl groups is 1. The molecule has 3 nitrogen and oxygen atoms in total. The molecule has 0 spiro atoms. The standard InChI is InChI=1S/C7H14N2O/c1-6(5-10)9-8-4-7-2-3-7/h4,6-7,9-10H,2-3,5H2,1H3/b8-4+. The van der Waals surface area contributed by atoms with Gasteiger partial charge in [-0.05, 0) is 25.7 Å². The quantitative estimate of drug-likeness (QED) is 0.439. The molecular formula is C7H14N2O. The Balaban J connectivity index is 2.01. The Morgan fingerprint density at radius 2 is 2.50 bits per heavy atom. The van der Waals surface area contributed by atoms with Crippen LogP contribution in [-0.4, -0.2) is 24.0 Å². The van der Waals surface area contributed by atoms with E-state index in [0.717, 1.165) is 0 Å². The van der Waals surface area contributed by atoms with Gasteiger partial charge in [0.05, 0.1) is 12.6 Å². The zero-order chi connectivity index (χ0) is 7.40. The Morgan fingerprint density at radius 3 is 3.00 bits per heavy atom. The zero-order valence-corrected chi connectivity index (χ0v) is 6.25. The first-order valence-corrected chi connectivity index (χ1v) is 3.72. The lowest BCUT2D eigenvalue weighted by Gasteiger charge is -2.04. The van der Waals surface area contributed by atoms with Gasteiger partial charge in [-0.2, -0.15) is 5.10 Å². The number of nitrogens with one attached hydrogen (secondary N) is 1. The van der Waals surface area contributed by atoms with E-state index in [4.69, 9.17) is 5.11 Å². The molecule has 2 N–H and O–H groups in total. The van der Waals surface area contributed by atoms with Crippen molar-refractivity contribution in [3.05, 3.63) is 0 Å². The monoisotopic (exact) mass is 142 g/mol. The molecule has 1 aliphatic carbocycles. The highest BCUT2D eigenvalue weighted by atomic mass is 16.3. The van der Waals surface area contributed by atoms with Gasteiger partial charge in [-0.1, -0.05) is 0 Å². The Hall–Kier alpha value is -0.570. The number of rotatable bonds is 4. The second-order valence-electron chi connectivity index (χ2n) is 2.83. The predicted octanol–water partition coefficient (Wildman–Crippen LogP) is 0.353. The topological polar surface area (TPSA) is 44.6 Å². The zero-order valence-electron chi connectivity index (χ0n) is 6.25. The van der Waals surface area contributed by atoms with Crippen molar-refractivity contribution in [3.63, 3.8) is 0 Å². The Bertz CT molecular complexity index is 121. The molecule has 0 aliphatic heterocycles. The molecule has 1 saturated carbocycles. The van der Waals surface area contributed by atoms with Gasteiger partial charge in [0.25, 0.3) is 0 Å². The summed E-state index contributed by atoms with van der Waals surface area (Å²) < 4.78 is 0. The Morgan fingerprint density at radius 1 is 1.80 bits per heavy atom. The molecule has 0 heterocycles. The van der Waals surface area contributed by atoms with Gasteiger partial charge < -0.3 is 10.5 Å². The molecule has 0 aromatic heterocycles. The molecule has 1 fully saturated rings. The van der Waals surface area contributed by atoms with Crippen LogP contribution in [0.25, 0.3) is 0 Å². The number of hydrogen-bond donors (Lipinski definition) is 2. The van der Waals surface area contributed by atoms with Crippen molar-refractivity contribution in [2.24, 2.45) is 11.0 Å². The maximum atomic E-state index is 8.58. The van der Waals surface area contributed by atoms with Crippen LogP contribution in [0.2, 0.25) is 0 Å². The number of aliphatic hydroxyl groups excluding tert-OH is 1. The van der Waals surface area contributed by atoms with Crippen LogP contribution >= 0.6 is 0 Å². The van der Waals surface area contributed by atoms with Gasteiger partial charge >= 0.3 is 0 Å². The van der Waals surface area contributed by atoms with Crippen LogP contribution in [0.15, 0.2) is 5.10 Å². The molecule has 0 bridgehead atoms. The third-order valence-electron chi connectivity index (χ3n) is 1.48. The van der Waals surface area contributed by atoms with E-state index >= 15 is 0 Å². The minimum atomic E-state index is 0.0787. The van der Waals surface area contributed by atoms with Crippen molar-refractivity contribution in [2.75, 3.05) is 6.61 Å². The number of hydrogen-bond acceptors (Lipinski definition) is 3. The molecule has 58 valence electrons. The highest BCUT2D eigenvalue weighted by Gasteiger charge is 2.18. The fourth-order valence-corrected chi connectivity index (χ4v) is 0.562. The van der Waals surface area contributed by atoms with Crippen molar-refractivity contribution >= 4 is 6.21 Å². The first kappa shape index (κ1) is 7.54. The Kier molecular flexibility index (Phi) is 2.68. The van der Waals surface area contributed by atoms with Crippen LogP contribution in [0.3, 0.4) is 0 Å². The first-order valence-electron chi connectivity index (χ1n) is 3.72. The second kappa shape index (κ2) is 3.56. The third-order valence-corrected chi connectivity index (χ3v) is 1.48. The summed E-state index contributed by atoms with van der Waals surface area (Å²) in [4.78, 5) is 0. The smallest absolute Gasteiger partial charge is 0.0646 e. The summed E-state index contributed by atoms with van der Waals surface area (Å²) in [5, 5.41) is 12.5. The average molecular weight is 142 g/mol. The van der Waals surface area contributed by atoms with Gasteiger partial charge in [0.15, 0.2) is 0 Å². The van der Waals surface area contributed by atoms with Crippen LogP contribution in [-0.2, 0) is 0 Å². The van der Waals surface area contributed by atoms with Gasteiger partial charge in [0.1, 0.15) is 0 Å². The molecule has 10 heavy (non-hydrogen) atoms. The molecule has 0 aromatic carbocycles. The van der Waals surface area contributed by atoms with Crippen LogP contribution in [0.4, 0.5) is 0 Å². The summed E-state index contributed by atoms with van der Waals surface area (Å²) in [6, 6.07) is 0.0787. The summed E-state index contributed by atoms with van der Waals surface area (Å²) in [5.74, 6) is 0.707. The lowest BCUT2D eigenvalue weighted by atomic mass is 10.4. The lowest BCUT2D eigenvalue weighted by molar-refractivity contribution is 0.253. The lowest BCUT2D eigenvalue weighted by Crippen LogP contribution is -2.24. The molecule has 1 rings (SSSR count). The minimum absolute atomic E-state index is 0.0787. The molecule has 1 atom stereocenters. The van der Waals surface area contributed by atoms with Crippen molar-refractivity contribution in [3.8, 4) is 0 Å². The molecule has 3 heteroatoms. The molecule has 1 unspecified atom stereocenters. The van der Waals surface area contributed by atoms with Crippen LogP contribution in [0.1, 0.15) is 19.8 Å². The fourth-order valence-electron chi connectivity index (χ4n) is 0.562. The van der Waals surface area contributed by atoms with Crippen LogP contribution in [0.5, 0.6) is 0 Å². The molecule has 0 saturated heterocycles. The van der Waals surface area contributed by atoms with Crippen molar-refractivity contribution < 1.29 is 5.11 Å². The van der Waals surface area contributed by atoms with E-state index in [9.17, 15) is 0 Å². The summed E-state index contributed by atoms with van der Waals surface area (Å²) in [6.07, 6.45) is 4.48. The van der Waals surface area contributed by atoms with E-state index in [1.165, 1.54) is 12.8 Å². The minimum Gasteiger partial charge on any atom is -0.394 e.